The van der Waals surface area contributed by atoms with E-state index >= 15 is 0 Å². The molecule has 1 aromatic carbocycles. The molecule has 2 rings (SSSR count). The Kier molecular flexibility index (Phi) is 3.89. The molecule has 4 nitrogen and oxygen atoms in total. The number of nitriles is 2. The number of anilines is 1. The van der Waals surface area contributed by atoms with Crippen LogP contribution in [-0.2, 0) is 0 Å². The van der Waals surface area contributed by atoms with Gasteiger partial charge in [0.25, 0.3) is 0 Å². The van der Waals surface area contributed by atoms with Crippen molar-refractivity contribution in [2.24, 2.45) is 0 Å². The molecule has 0 N–H and O–H groups in total. The molecule has 0 aliphatic rings. The first kappa shape index (κ1) is 13.9. The van der Waals surface area contributed by atoms with Gasteiger partial charge in [-0.1, -0.05) is 41.9 Å². The zero-order valence-electron chi connectivity index (χ0n) is 11.1. The molecule has 0 aliphatic heterocycles. The number of rotatable bonds is 2. The summed E-state index contributed by atoms with van der Waals surface area (Å²) in [5.41, 5.74) is 1.87. The molecule has 1 heterocycles. The van der Waals surface area contributed by atoms with Gasteiger partial charge in [-0.3, -0.25) is 0 Å². The minimum atomic E-state index is 0.106. The van der Waals surface area contributed by atoms with E-state index in [0.717, 1.165) is 5.56 Å². The summed E-state index contributed by atoms with van der Waals surface area (Å²) in [6, 6.07) is 13.4. The lowest BCUT2D eigenvalue weighted by molar-refractivity contribution is 1.06. The highest BCUT2D eigenvalue weighted by atomic mass is 35.5. The number of halogens is 1. The lowest BCUT2D eigenvalue weighted by Gasteiger charge is -2.17. The van der Waals surface area contributed by atoms with Crippen LogP contribution in [0.2, 0.25) is 5.15 Å². The summed E-state index contributed by atoms with van der Waals surface area (Å²) in [5.74, 6) is 0.454. The van der Waals surface area contributed by atoms with Crippen molar-refractivity contribution in [1.29, 1.82) is 10.5 Å². The summed E-state index contributed by atoms with van der Waals surface area (Å²) >= 11 is 6.09. The first-order valence-electron chi connectivity index (χ1n) is 5.86. The molecule has 1 aromatic heterocycles. The van der Waals surface area contributed by atoms with E-state index in [1.807, 2.05) is 36.4 Å². The Morgan fingerprint density at radius 2 is 1.65 bits per heavy atom. The Balaban J connectivity index is 2.91. The van der Waals surface area contributed by atoms with Gasteiger partial charge in [-0.25, -0.2) is 4.98 Å². The molecule has 0 radical (unpaired) electrons. The van der Waals surface area contributed by atoms with Crippen LogP contribution in [0.4, 0.5) is 5.82 Å². The fourth-order valence-corrected chi connectivity index (χ4v) is 2.19. The first-order valence-corrected chi connectivity index (χ1v) is 6.24. The van der Waals surface area contributed by atoms with E-state index in [0.29, 0.717) is 16.9 Å². The average Bonchev–Trinajstić information content (AvgIpc) is 2.46. The smallest absolute Gasteiger partial charge is 0.149 e. The van der Waals surface area contributed by atoms with E-state index in [-0.39, 0.29) is 10.7 Å². The van der Waals surface area contributed by atoms with Crippen LogP contribution in [0, 0.1) is 22.7 Å². The fourth-order valence-electron chi connectivity index (χ4n) is 1.97. The van der Waals surface area contributed by atoms with Gasteiger partial charge in [-0.05, 0) is 5.56 Å². The Morgan fingerprint density at radius 3 is 2.15 bits per heavy atom. The summed E-state index contributed by atoms with van der Waals surface area (Å²) in [4.78, 5) is 5.85. The van der Waals surface area contributed by atoms with Gasteiger partial charge in [-0.2, -0.15) is 10.5 Å². The van der Waals surface area contributed by atoms with Gasteiger partial charge in [0.1, 0.15) is 28.7 Å². The molecule has 0 fully saturated rings. The minimum Gasteiger partial charge on any atom is -0.362 e. The number of nitrogens with zero attached hydrogens (tertiary/aromatic N) is 4. The van der Waals surface area contributed by atoms with Crippen molar-refractivity contribution in [3.8, 4) is 23.3 Å². The van der Waals surface area contributed by atoms with Crippen molar-refractivity contribution in [3.05, 3.63) is 46.6 Å². The van der Waals surface area contributed by atoms with Crippen LogP contribution in [0.25, 0.3) is 11.1 Å². The SMILES string of the molecule is CN(C)c1nc(Cl)c(C#N)c(-c2ccccc2)c1C#N. The summed E-state index contributed by atoms with van der Waals surface area (Å²) in [5, 5.41) is 18.9. The lowest BCUT2D eigenvalue weighted by atomic mass is 9.97. The number of hydrogen-bond acceptors (Lipinski definition) is 4. The largest absolute Gasteiger partial charge is 0.362 e. The summed E-state index contributed by atoms with van der Waals surface area (Å²) in [7, 11) is 3.56. The van der Waals surface area contributed by atoms with E-state index in [2.05, 4.69) is 11.1 Å². The van der Waals surface area contributed by atoms with Gasteiger partial charge >= 0.3 is 0 Å². The van der Waals surface area contributed by atoms with Gasteiger partial charge in [0, 0.05) is 19.7 Å². The molecular formula is C15H11ClN4. The molecule has 0 spiro atoms. The molecule has 0 saturated carbocycles. The summed E-state index contributed by atoms with van der Waals surface area (Å²) < 4.78 is 0. The van der Waals surface area contributed by atoms with Crippen LogP contribution < -0.4 is 4.90 Å². The van der Waals surface area contributed by atoms with Gasteiger partial charge < -0.3 is 4.90 Å². The van der Waals surface area contributed by atoms with Crippen molar-refractivity contribution in [1.82, 2.24) is 4.98 Å². The molecule has 0 amide bonds. The highest BCUT2D eigenvalue weighted by Gasteiger charge is 2.21. The fraction of sp³-hybridized carbons (Fsp3) is 0.133. The van der Waals surface area contributed by atoms with Crippen LogP contribution in [0.15, 0.2) is 30.3 Å². The normalized spacial score (nSPS) is 9.65. The van der Waals surface area contributed by atoms with E-state index in [1.165, 1.54) is 0 Å². The van der Waals surface area contributed by atoms with Crippen LogP contribution in [0.3, 0.4) is 0 Å². The second-order valence-corrected chi connectivity index (χ2v) is 4.69. The minimum absolute atomic E-state index is 0.106. The molecule has 5 heteroatoms. The Morgan fingerprint density at radius 1 is 1.05 bits per heavy atom. The standard InChI is InChI=1S/C15H11ClN4/c1-20(2)15-12(9-18)13(10-6-4-3-5-7-10)11(8-17)14(16)19-15/h3-7H,1-2H3. The zero-order valence-corrected chi connectivity index (χ0v) is 11.8. The van der Waals surface area contributed by atoms with Crippen molar-refractivity contribution in [2.75, 3.05) is 19.0 Å². The van der Waals surface area contributed by atoms with Gasteiger partial charge in [0.05, 0.1) is 5.56 Å². The van der Waals surface area contributed by atoms with Gasteiger partial charge in [-0.15, -0.1) is 0 Å². The van der Waals surface area contributed by atoms with E-state index in [4.69, 9.17) is 11.6 Å². The number of benzene rings is 1. The number of aromatic nitrogens is 1. The van der Waals surface area contributed by atoms with E-state index in [9.17, 15) is 10.5 Å². The van der Waals surface area contributed by atoms with Gasteiger partial charge in [0.2, 0.25) is 0 Å². The second-order valence-electron chi connectivity index (χ2n) is 4.34. The molecule has 0 unspecified atom stereocenters. The maximum atomic E-state index is 9.45. The number of hydrogen-bond donors (Lipinski definition) is 0. The van der Waals surface area contributed by atoms with Gasteiger partial charge in [0.15, 0.2) is 0 Å². The summed E-state index contributed by atoms with van der Waals surface area (Å²) in [6.07, 6.45) is 0. The highest BCUT2D eigenvalue weighted by Crippen LogP contribution is 2.35. The molecule has 2 aromatic rings. The second kappa shape index (κ2) is 5.61. The number of pyridine rings is 1. The van der Waals surface area contributed by atoms with E-state index in [1.54, 1.807) is 19.0 Å². The Labute approximate surface area is 122 Å². The Bertz CT molecular complexity index is 724. The third-order valence-electron chi connectivity index (χ3n) is 2.84. The summed E-state index contributed by atoms with van der Waals surface area (Å²) in [6.45, 7) is 0. The highest BCUT2D eigenvalue weighted by molar-refractivity contribution is 6.31. The third-order valence-corrected chi connectivity index (χ3v) is 3.12. The quantitative estimate of drug-likeness (QED) is 0.794. The molecule has 0 saturated heterocycles. The molecular weight excluding hydrogens is 272 g/mol. The molecule has 0 atom stereocenters. The monoisotopic (exact) mass is 282 g/mol. The topological polar surface area (TPSA) is 63.7 Å². The molecule has 0 bridgehead atoms. The van der Waals surface area contributed by atoms with Crippen molar-refractivity contribution >= 4 is 17.4 Å². The van der Waals surface area contributed by atoms with Crippen LogP contribution in [-0.4, -0.2) is 19.1 Å². The van der Waals surface area contributed by atoms with Crippen molar-refractivity contribution in [2.45, 2.75) is 0 Å². The third kappa shape index (κ3) is 2.30. The molecule has 20 heavy (non-hydrogen) atoms. The predicted molar refractivity (Wildman–Crippen MR) is 78.4 cm³/mol. The van der Waals surface area contributed by atoms with Crippen LogP contribution in [0.1, 0.15) is 11.1 Å². The zero-order chi connectivity index (χ0) is 14.7. The maximum absolute atomic E-state index is 9.45. The first-order chi connectivity index (χ1) is 9.60. The Hall–Kier alpha value is -2.56. The molecule has 0 aliphatic carbocycles. The average molecular weight is 283 g/mol. The maximum Gasteiger partial charge on any atom is 0.149 e. The van der Waals surface area contributed by atoms with Crippen molar-refractivity contribution in [3.63, 3.8) is 0 Å². The lowest BCUT2D eigenvalue weighted by Crippen LogP contribution is -2.14. The molecule has 98 valence electrons. The predicted octanol–water partition coefficient (Wildman–Crippen LogP) is 3.21. The van der Waals surface area contributed by atoms with Crippen LogP contribution in [0.5, 0.6) is 0 Å². The van der Waals surface area contributed by atoms with E-state index < -0.39 is 0 Å². The van der Waals surface area contributed by atoms with Crippen LogP contribution >= 0.6 is 11.6 Å². The van der Waals surface area contributed by atoms with Crippen molar-refractivity contribution < 1.29 is 0 Å².